The first-order chi connectivity index (χ1) is 15.1. The molecule has 1 heterocycles. The van der Waals surface area contributed by atoms with Crippen LogP contribution in [0.5, 0.6) is 5.75 Å². The molecule has 6 heteroatoms. The largest absolute Gasteiger partial charge is 0.496 e. The number of rotatable bonds is 7. The van der Waals surface area contributed by atoms with E-state index in [2.05, 4.69) is 48.3 Å². The number of para-hydroxylation sites is 1. The van der Waals surface area contributed by atoms with Crippen molar-refractivity contribution in [1.29, 1.82) is 0 Å². The highest BCUT2D eigenvalue weighted by molar-refractivity contribution is 7.99. The molecule has 5 nitrogen and oxygen atoms in total. The number of aromatic nitrogens is 3. The van der Waals surface area contributed by atoms with Crippen LogP contribution in [-0.2, 0) is 0 Å². The highest BCUT2D eigenvalue weighted by Gasteiger charge is 2.19. The van der Waals surface area contributed by atoms with Crippen LogP contribution in [0, 0.1) is 13.8 Å². The number of ether oxygens (including phenoxy) is 1. The molecule has 0 N–H and O–H groups in total. The number of carbonyl (C=O) groups excluding carboxylic acids is 1. The molecule has 0 spiro atoms. The van der Waals surface area contributed by atoms with E-state index in [0.717, 1.165) is 17.1 Å². The van der Waals surface area contributed by atoms with Crippen LogP contribution in [0.25, 0.3) is 17.1 Å². The highest BCUT2D eigenvalue weighted by atomic mass is 32.2. The molecule has 0 unspecified atom stereocenters. The molecule has 4 rings (SSSR count). The molecule has 0 aliphatic carbocycles. The zero-order valence-electron chi connectivity index (χ0n) is 17.7. The van der Waals surface area contributed by atoms with E-state index in [4.69, 9.17) is 4.74 Å². The summed E-state index contributed by atoms with van der Waals surface area (Å²) in [7, 11) is 1.57. The maximum atomic E-state index is 12.8. The quantitative estimate of drug-likeness (QED) is 0.285. The summed E-state index contributed by atoms with van der Waals surface area (Å²) < 4.78 is 7.34. The molecule has 0 aliphatic heterocycles. The van der Waals surface area contributed by atoms with Crippen LogP contribution >= 0.6 is 11.8 Å². The van der Waals surface area contributed by atoms with Crippen molar-refractivity contribution in [1.82, 2.24) is 14.8 Å². The van der Waals surface area contributed by atoms with Crippen LogP contribution in [0.1, 0.15) is 21.5 Å². The number of hydrogen-bond donors (Lipinski definition) is 0. The first-order valence-electron chi connectivity index (χ1n) is 9.95. The van der Waals surface area contributed by atoms with Crippen molar-refractivity contribution in [2.24, 2.45) is 0 Å². The van der Waals surface area contributed by atoms with Gasteiger partial charge in [-0.2, -0.15) is 0 Å². The molecule has 156 valence electrons. The molecule has 3 aromatic carbocycles. The summed E-state index contributed by atoms with van der Waals surface area (Å²) >= 11 is 1.37. The third kappa shape index (κ3) is 4.54. The van der Waals surface area contributed by atoms with Gasteiger partial charge in [-0.1, -0.05) is 71.4 Å². The van der Waals surface area contributed by atoms with Gasteiger partial charge in [-0.3, -0.25) is 9.36 Å². The molecule has 31 heavy (non-hydrogen) atoms. The fourth-order valence-corrected chi connectivity index (χ4v) is 4.10. The van der Waals surface area contributed by atoms with E-state index < -0.39 is 0 Å². The van der Waals surface area contributed by atoms with Crippen LogP contribution in [0.15, 0.2) is 78.0 Å². The number of benzene rings is 3. The minimum Gasteiger partial charge on any atom is -0.496 e. The van der Waals surface area contributed by atoms with Gasteiger partial charge in [0, 0.05) is 11.3 Å². The summed E-state index contributed by atoms with van der Waals surface area (Å²) in [5.74, 6) is 1.54. The molecule has 0 aliphatic rings. The standard InChI is InChI=1S/C25H23N3O2S/c1-17-8-12-19(13-9-17)24-26-27-25(28(24)20-14-10-18(2)11-15-20)31-16-22(29)21-6-4-5-7-23(21)30-3/h4-15H,16H2,1-3H3. The number of carbonyl (C=O) groups is 1. The number of methoxy groups -OCH3 is 1. The van der Waals surface area contributed by atoms with Gasteiger partial charge in [0.05, 0.1) is 18.4 Å². The molecule has 1 aromatic heterocycles. The first kappa shape index (κ1) is 20.9. The lowest BCUT2D eigenvalue weighted by molar-refractivity contribution is 0.101. The van der Waals surface area contributed by atoms with Gasteiger partial charge in [-0.05, 0) is 38.1 Å². The van der Waals surface area contributed by atoms with Crippen molar-refractivity contribution in [2.75, 3.05) is 12.9 Å². The molecule has 0 atom stereocenters. The molecule has 0 fully saturated rings. The molecule has 0 bridgehead atoms. The molecule has 4 aromatic rings. The lowest BCUT2D eigenvalue weighted by atomic mass is 10.1. The molecule has 0 saturated heterocycles. The number of nitrogens with zero attached hydrogens (tertiary/aromatic N) is 3. The summed E-state index contributed by atoms with van der Waals surface area (Å²) in [6, 6.07) is 23.7. The van der Waals surface area contributed by atoms with E-state index >= 15 is 0 Å². The Kier molecular flexibility index (Phi) is 6.18. The topological polar surface area (TPSA) is 57.0 Å². The van der Waals surface area contributed by atoms with Gasteiger partial charge in [-0.25, -0.2) is 0 Å². The van der Waals surface area contributed by atoms with Crippen molar-refractivity contribution < 1.29 is 9.53 Å². The van der Waals surface area contributed by atoms with Crippen LogP contribution in [0.2, 0.25) is 0 Å². The van der Waals surface area contributed by atoms with Crippen molar-refractivity contribution in [3.05, 3.63) is 89.5 Å². The fraction of sp³-hybridized carbons (Fsp3) is 0.160. The van der Waals surface area contributed by atoms with E-state index in [1.54, 1.807) is 19.2 Å². The number of hydrogen-bond acceptors (Lipinski definition) is 5. The Balaban J connectivity index is 1.68. The molecule has 0 radical (unpaired) electrons. The smallest absolute Gasteiger partial charge is 0.196 e. The van der Waals surface area contributed by atoms with E-state index in [9.17, 15) is 4.79 Å². The summed E-state index contributed by atoms with van der Waals surface area (Å²) in [4.78, 5) is 12.8. The maximum Gasteiger partial charge on any atom is 0.196 e. The molecule has 0 saturated carbocycles. The minimum absolute atomic E-state index is 0.0159. The minimum atomic E-state index is -0.0159. The third-order valence-electron chi connectivity index (χ3n) is 4.98. The third-order valence-corrected chi connectivity index (χ3v) is 5.90. The van der Waals surface area contributed by atoms with Gasteiger partial charge in [0.15, 0.2) is 16.8 Å². The molecular formula is C25H23N3O2S. The summed E-state index contributed by atoms with van der Waals surface area (Å²) in [5.41, 5.74) is 4.86. The maximum absolute atomic E-state index is 12.8. The zero-order chi connectivity index (χ0) is 21.8. The monoisotopic (exact) mass is 429 g/mol. The molecule has 0 amide bonds. The number of thioether (sulfide) groups is 1. The Morgan fingerprint density at radius 2 is 1.55 bits per heavy atom. The summed E-state index contributed by atoms with van der Waals surface area (Å²) in [6.07, 6.45) is 0. The van der Waals surface area contributed by atoms with Crippen LogP contribution < -0.4 is 4.74 Å². The van der Waals surface area contributed by atoms with Crippen LogP contribution in [0.3, 0.4) is 0 Å². The summed E-state index contributed by atoms with van der Waals surface area (Å²) in [6.45, 7) is 4.11. The van der Waals surface area contributed by atoms with Crippen LogP contribution in [0.4, 0.5) is 0 Å². The van der Waals surface area contributed by atoms with E-state index in [1.807, 2.05) is 41.0 Å². The van der Waals surface area contributed by atoms with E-state index in [-0.39, 0.29) is 11.5 Å². The average molecular weight is 430 g/mol. The Bertz CT molecular complexity index is 1200. The van der Waals surface area contributed by atoms with Gasteiger partial charge in [0.1, 0.15) is 5.75 Å². The van der Waals surface area contributed by atoms with E-state index in [0.29, 0.717) is 16.5 Å². The van der Waals surface area contributed by atoms with Crippen molar-refractivity contribution in [2.45, 2.75) is 19.0 Å². The first-order valence-corrected chi connectivity index (χ1v) is 10.9. The van der Waals surface area contributed by atoms with Crippen LogP contribution in [-0.4, -0.2) is 33.4 Å². The van der Waals surface area contributed by atoms with E-state index in [1.165, 1.54) is 22.9 Å². The zero-order valence-corrected chi connectivity index (χ0v) is 18.5. The van der Waals surface area contributed by atoms with Crippen molar-refractivity contribution in [3.8, 4) is 22.8 Å². The number of Topliss-reactive ketones (excluding diaryl/α,β-unsaturated/α-hetero) is 1. The second-order valence-corrected chi connectivity index (χ2v) is 8.20. The predicted molar refractivity (Wildman–Crippen MR) is 124 cm³/mol. The number of aryl methyl sites for hydroxylation is 2. The average Bonchev–Trinajstić information content (AvgIpc) is 3.22. The van der Waals surface area contributed by atoms with Gasteiger partial charge in [0.2, 0.25) is 0 Å². The molecular weight excluding hydrogens is 406 g/mol. The normalized spacial score (nSPS) is 10.8. The van der Waals surface area contributed by atoms with Gasteiger partial charge >= 0.3 is 0 Å². The van der Waals surface area contributed by atoms with Gasteiger partial charge in [-0.15, -0.1) is 10.2 Å². The fourth-order valence-electron chi connectivity index (χ4n) is 3.26. The highest BCUT2D eigenvalue weighted by Crippen LogP contribution is 2.29. The SMILES string of the molecule is COc1ccccc1C(=O)CSc1nnc(-c2ccc(C)cc2)n1-c1ccc(C)cc1. The lowest BCUT2D eigenvalue weighted by Gasteiger charge is -2.11. The van der Waals surface area contributed by atoms with Crippen molar-refractivity contribution in [3.63, 3.8) is 0 Å². The lowest BCUT2D eigenvalue weighted by Crippen LogP contribution is -2.06. The number of ketones is 1. The summed E-state index contributed by atoms with van der Waals surface area (Å²) in [5, 5.41) is 9.54. The Labute approximate surface area is 186 Å². The second kappa shape index (κ2) is 9.18. The van der Waals surface area contributed by atoms with Gasteiger partial charge in [0.25, 0.3) is 0 Å². The Morgan fingerprint density at radius 1 is 0.903 bits per heavy atom. The predicted octanol–water partition coefficient (Wildman–Crippen LogP) is 5.53. The van der Waals surface area contributed by atoms with Crippen molar-refractivity contribution >= 4 is 17.5 Å². The second-order valence-electron chi connectivity index (χ2n) is 7.26. The Hall–Kier alpha value is -3.38. The Morgan fingerprint density at radius 3 is 2.23 bits per heavy atom. The van der Waals surface area contributed by atoms with Gasteiger partial charge < -0.3 is 4.74 Å².